The minimum atomic E-state index is -4.59. The number of aromatic nitrogens is 1. The third-order valence-electron chi connectivity index (χ3n) is 2.53. The predicted octanol–water partition coefficient (Wildman–Crippen LogP) is 2.27. The van der Waals surface area contributed by atoms with Crippen molar-refractivity contribution >= 4 is 11.8 Å². The van der Waals surface area contributed by atoms with Gasteiger partial charge in [-0.05, 0) is 18.6 Å². The van der Waals surface area contributed by atoms with Crippen LogP contribution in [-0.2, 0) is 11.0 Å². The molecule has 1 heterocycles. The lowest BCUT2D eigenvalue weighted by molar-refractivity contribution is -0.141. The molecule has 1 N–H and O–H groups in total. The quantitative estimate of drug-likeness (QED) is 0.899. The van der Waals surface area contributed by atoms with E-state index in [1.165, 1.54) is 11.9 Å². The van der Waals surface area contributed by atoms with Gasteiger partial charge < -0.3 is 10.0 Å². The number of carbonyl (C=O) groups is 1. The molecule has 0 bridgehead atoms. The van der Waals surface area contributed by atoms with E-state index >= 15 is 0 Å². The zero-order valence-electron chi connectivity index (χ0n) is 10.6. The molecule has 20 heavy (non-hydrogen) atoms. The van der Waals surface area contributed by atoms with Crippen LogP contribution in [0.2, 0.25) is 0 Å². The highest BCUT2D eigenvalue weighted by Crippen LogP contribution is 2.30. The van der Waals surface area contributed by atoms with Crippen LogP contribution in [0.1, 0.15) is 24.1 Å². The van der Waals surface area contributed by atoms with E-state index in [4.69, 9.17) is 10.4 Å². The first kappa shape index (κ1) is 15.8. The number of anilines is 1. The molecule has 0 fully saturated rings. The van der Waals surface area contributed by atoms with Gasteiger partial charge in [-0.2, -0.15) is 18.4 Å². The third kappa shape index (κ3) is 4.12. The summed E-state index contributed by atoms with van der Waals surface area (Å²) in [5.74, 6) is -1.09. The smallest absolute Gasteiger partial charge is 0.433 e. The van der Waals surface area contributed by atoms with Gasteiger partial charge in [0.1, 0.15) is 17.6 Å². The van der Waals surface area contributed by atoms with Gasteiger partial charge in [0.15, 0.2) is 0 Å². The molecule has 0 aliphatic rings. The summed E-state index contributed by atoms with van der Waals surface area (Å²) in [6, 6.07) is 3.56. The van der Waals surface area contributed by atoms with Crippen molar-refractivity contribution in [2.24, 2.45) is 0 Å². The summed E-state index contributed by atoms with van der Waals surface area (Å²) in [4.78, 5) is 15.2. The molecule has 0 aromatic carbocycles. The molecule has 0 spiro atoms. The van der Waals surface area contributed by atoms with Gasteiger partial charge in [-0.25, -0.2) is 4.98 Å². The lowest BCUT2D eigenvalue weighted by atomic mass is 10.2. The molecule has 0 aliphatic heterocycles. The molecule has 0 atom stereocenters. The number of rotatable bonds is 5. The highest BCUT2D eigenvalue weighted by atomic mass is 19.4. The Morgan fingerprint density at radius 2 is 2.15 bits per heavy atom. The van der Waals surface area contributed by atoms with Crippen LogP contribution in [0.25, 0.3) is 0 Å². The van der Waals surface area contributed by atoms with Crippen LogP contribution >= 0.6 is 0 Å². The number of nitrogens with zero attached hydrogens (tertiary/aromatic N) is 3. The van der Waals surface area contributed by atoms with Crippen LogP contribution < -0.4 is 4.90 Å². The number of carboxylic acids is 1. The van der Waals surface area contributed by atoms with Crippen molar-refractivity contribution in [2.45, 2.75) is 19.0 Å². The molecule has 0 saturated carbocycles. The van der Waals surface area contributed by atoms with Gasteiger partial charge in [-0.3, -0.25) is 4.79 Å². The first-order valence-corrected chi connectivity index (χ1v) is 5.67. The minimum absolute atomic E-state index is 0.0100. The van der Waals surface area contributed by atoms with Crippen molar-refractivity contribution in [1.29, 1.82) is 5.26 Å². The number of hydrogen-bond acceptors (Lipinski definition) is 4. The zero-order chi connectivity index (χ0) is 15.3. The van der Waals surface area contributed by atoms with Crippen molar-refractivity contribution in [1.82, 2.24) is 4.98 Å². The second-order valence-corrected chi connectivity index (χ2v) is 4.10. The second-order valence-electron chi connectivity index (χ2n) is 4.10. The maximum atomic E-state index is 12.6. The van der Waals surface area contributed by atoms with E-state index < -0.39 is 17.8 Å². The Labute approximate surface area is 113 Å². The average Bonchev–Trinajstić information content (AvgIpc) is 2.36. The van der Waals surface area contributed by atoms with Crippen molar-refractivity contribution in [3.8, 4) is 6.07 Å². The first-order valence-electron chi connectivity index (χ1n) is 5.67. The summed E-state index contributed by atoms with van der Waals surface area (Å²) < 4.78 is 37.7. The van der Waals surface area contributed by atoms with Crippen LogP contribution in [0, 0.1) is 11.3 Å². The van der Waals surface area contributed by atoms with E-state index in [2.05, 4.69) is 4.98 Å². The summed E-state index contributed by atoms with van der Waals surface area (Å²) in [5, 5.41) is 17.4. The van der Waals surface area contributed by atoms with Crippen molar-refractivity contribution in [2.75, 3.05) is 18.5 Å². The second kappa shape index (κ2) is 6.23. The van der Waals surface area contributed by atoms with Gasteiger partial charge in [0.05, 0.1) is 5.56 Å². The monoisotopic (exact) mass is 287 g/mol. The SMILES string of the molecule is CN(CCCC(=O)O)c1nc(C(F)(F)F)ccc1C#N. The molecule has 0 aliphatic carbocycles. The number of carboxylic acid groups (broad SMARTS) is 1. The maximum absolute atomic E-state index is 12.6. The molecule has 1 aromatic heterocycles. The molecule has 0 unspecified atom stereocenters. The van der Waals surface area contributed by atoms with Gasteiger partial charge >= 0.3 is 12.1 Å². The Hall–Kier alpha value is -2.30. The van der Waals surface area contributed by atoms with E-state index in [0.717, 1.165) is 12.1 Å². The van der Waals surface area contributed by atoms with Crippen molar-refractivity contribution in [3.63, 3.8) is 0 Å². The molecule has 0 amide bonds. The minimum Gasteiger partial charge on any atom is -0.481 e. The molecule has 5 nitrogen and oxygen atoms in total. The molecule has 1 rings (SSSR count). The van der Waals surface area contributed by atoms with Gasteiger partial charge in [-0.15, -0.1) is 0 Å². The van der Waals surface area contributed by atoms with E-state index in [9.17, 15) is 18.0 Å². The topological polar surface area (TPSA) is 77.2 Å². The Morgan fingerprint density at radius 1 is 1.50 bits per heavy atom. The predicted molar refractivity (Wildman–Crippen MR) is 64.1 cm³/mol. The zero-order valence-corrected chi connectivity index (χ0v) is 10.6. The third-order valence-corrected chi connectivity index (χ3v) is 2.53. The lowest BCUT2D eigenvalue weighted by Gasteiger charge is -2.20. The molecule has 0 radical (unpaired) electrons. The highest BCUT2D eigenvalue weighted by Gasteiger charge is 2.33. The van der Waals surface area contributed by atoms with E-state index in [0.29, 0.717) is 0 Å². The van der Waals surface area contributed by atoms with Gasteiger partial charge in [0.2, 0.25) is 0 Å². The van der Waals surface area contributed by atoms with Crippen LogP contribution in [0.5, 0.6) is 0 Å². The van der Waals surface area contributed by atoms with Gasteiger partial charge in [0.25, 0.3) is 0 Å². The fourth-order valence-corrected chi connectivity index (χ4v) is 1.56. The molecule has 8 heteroatoms. The number of nitriles is 1. The Kier molecular flexibility index (Phi) is 4.91. The Morgan fingerprint density at radius 3 is 2.65 bits per heavy atom. The summed E-state index contributed by atoms with van der Waals surface area (Å²) in [6.45, 7) is 0.190. The maximum Gasteiger partial charge on any atom is 0.433 e. The summed E-state index contributed by atoms with van der Waals surface area (Å²) in [7, 11) is 1.46. The van der Waals surface area contributed by atoms with Crippen LogP contribution in [-0.4, -0.2) is 29.7 Å². The molecule has 1 aromatic rings. The number of alkyl halides is 3. The number of halogens is 3. The average molecular weight is 287 g/mol. The molecule has 0 saturated heterocycles. The Balaban J connectivity index is 2.96. The first-order chi connectivity index (χ1) is 9.25. The fourth-order valence-electron chi connectivity index (χ4n) is 1.56. The molecular weight excluding hydrogens is 275 g/mol. The highest BCUT2D eigenvalue weighted by molar-refractivity contribution is 5.66. The van der Waals surface area contributed by atoms with Crippen LogP contribution in [0.15, 0.2) is 12.1 Å². The summed E-state index contributed by atoms with van der Waals surface area (Å²) in [6.07, 6.45) is -4.45. The number of hydrogen-bond donors (Lipinski definition) is 1. The van der Waals surface area contributed by atoms with Crippen molar-refractivity contribution in [3.05, 3.63) is 23.4 Å². The van der Waals surface area contributed by atoms with Crippen molar-refractivity contribution < 1.29 is 23.1 Å². The van der Waals surface area contributed by atoms with Crippen LogP contribution in [0.4, 0.5) is 19.0 Å². The normalized spacial score (nSPS) is 10.9. The molecular formula is C12H12F3N3O2. The van der Waals surface area contributed by atoms with Gasteiger partial charge in [-0.1, -0.05) is 0 Å². The van der Waals surface area contributed by atoms with Gasteiger partial charge in [0, 0.05) is 20.0 Å². The van der Waals surface area contributed by atoms with E-state index in [1.54, 1.807) is 6.07 Å². The van der Waals surface area contributed by atoms with Crippen LogP contribution in [0.3, 0.4) is 0 Å². The number of pyridine rings is 1. The largest absolute Gasteiger partial charge is 0.481 e. The van der Waals surface area contributed by atoms with E-state index in [1.807, 2.05) is 0 Å². The lowest BCUT2D eigenvalue weighted by Crippen LogP contribution is -2.23. The fraction of sp³-hybridized carbons (Fsp3) is 0.417. The van der Waals surface area contributed by atoms with E-state index in [-0.39, 0.29) is 30.8 Å². The number of aliphatic carboxylic acids is 1. The summed E-state index contributed by atoms with van der Waals surface area (Å²) >= 11 is 0. The molecule has 108 valence electrons. The standard InChI is InChI=1S/C12H12F3N3O2/c1-18(6-2-3-10(19)20)11-8(7-16)4-5-9(17-11)12(13,14)15/h4-5H,2-3,6H2,1H3,(H,19,20). The summed E-state index contributed by atoms with van der Waals surface area (Å²) in [5.41, 5.74) is -1.08. The Bertz CT molecular complexity index is 538.